The van der Waals surface area contributed by atoms with Crippen LogP contribution in [-0.4, -0.2) is 24.5 Å². The number of hydrogen-bond donors (Lipinski definition) is 2. The Bertz CT molecular complexity index is 1030. The fraction of sp³-hybridized carbons (Fsp3) is 0.659. The second-order valence-corrected chi connectivity index (χ2v) is 12.9. The number of unbranched alkanes of at least 4 members (excludes halogenated alkanes) is 15. The Hall–Kier alpha value is -2.13. The van der Waals surface area contributed by atoms with Crippen molar-refractivity contribution in [2.75, 3.05) is 23.7 Å². The second-order valence-electron chi connectivity index (χ2n) is 12.9. The Morgan fingerprint density at radius 3 is 1.11 bits per heavy atom. The molecule has 0 saturated heterocycles. The standard InChI is InChI=1S/C41H68N4.Ni/c1-5-9-13-16-18-22-34-42-36-26-30-38(31-27-36)44-40(24-20-12-8-4)41(25-21-15-11-7-3)45-39-32-28-37(29-33-39)43-35-23-19-17-14-10-6-2;/h26-33,42-43H,5-25,34-35H2,1-4H3;/b44-40+,45-41+;. The van der Waals surface area contributed by atoms with Gasteiger partial charge in [0.25, 0.3) is 0 Å². The third-order valence-corrected chi connectivity index (χ3v) is 8.60. The van der Waals surface area contributed by atoms with Gasteiger partial charge in [0.2, 0.25) is 0 Å². The van der Waals surface area contributed by atoms with Crippen molar-refractivity contribution in [1.29, 1.82) is 0 Å². The molecular formula is C41H68N4Ni. The zero-order valence-corrected chi connectivity index (χ0v) is 31.1. The minimum atomic E-state index is 0. The van der Waals surface area contributed by atoms with Crippen molar-refractivity contribution >= 4 is 34.2 Å². The summed E-state index contributed by atoms with van der Waals surface area (Å²) in [6, 6.07) is 17.4. The Balaban J connectivity index is 0.0000106. The van der Waals surface area contributed by atoms with E-state index in [0.29, 0.717) is 0 Å². The number of nitrogens with zero attached hydrogens (tertiary/aromatic N) is 2. The average Bonchev–Trinajstić information content (AvgIpc) is 3.06. The number of rotatable bonds is 28. The van der Waals surface area contributed by atoms with Gasteiger partial charge in [0, 0.05) is 41.0 Å². The monoisotopic (exact) mass is 674 g/mol. The molecule has 0 heterocycles. The molecule has 0 atom stereocenters. The molecule has 0 aliphatic rings. The molecule has 0 amide bonds. The van der Waals surface area contributed by atoms with Crippen LogP contribution in [0.1, 0.15) is 163 Å². The van der Waals surface area contributed by atoms with Crippen LogP contribution in [0.5, 0.6) is 0 Å². The summed E-state index contributed by atoms with van der Waals surface area (Å²) in [5.74, 6) is 0. The fourth-order valence-electron chi connectivity index (χ4n) is 5.69. The first-order valence-electron chi connectivity index (χ1n) is 19.0. The van der Waals surface area contributed by atoms with Crippen LogP contribution < -0.4 is 10.6 Å². The van der Waals surface area contributed by atoms with E-state index in [2.05, 4.69) is 86.9 Å². The molecule has 2 rings (SSSR count). The third kappa shape index (κ3) is 20.2. The molecule has 0 spiro atoms. The largest absolute Gasteiger partial charge is 0.385 e. The summed E-state index contributed by atoms with van der Waals surface area (Å²) in [4.78, 5) is 10.5. The van der Waals surface area contributed by atoms with Crippen LogP contribution in [0, 0.1) is 0 Å². The smallest absolute Gasteiger partial charge is 0.0635 e. The van der Waals surface area contributed by atoms with Crippen molar-refractivity contribution in [3.05, 3.63) is 48.5 Å². The molecule has 0 saturated carbocycles. The van der Waals surface area contributed by atoms with Crippen molar-refractivity contribution in [3.8, 4) is 0 Å². The van der Waals surface area contributed by atoms with E-state index in [9.17, 15) is 0 Å². The normalized spacial score (nSPS) is 11.8. The number of anilines is 2. The number of aliphatic imine (C=N–C) groups is 2. The molecule has 262 valence electrons. The SMILES string of the molecule is CCCCCCCCNc1ccc(/N=C(CCCCC)/C(CCCCCC)=N/c2ccc(NCCCCCCCC)cc2)cc1.[Ni]. The van der Waals surface area contributed by atoms with Gasteiger partial charge in [-0.15, -0.1) is 0 Å². The number of benzene rings is 2. The molecule has 0 radical (unpaired) electrons. The van der Waals surface area contributed by atoms with Crippen LogP contribution >= 0.6 is 0 Å². The van der Waals surface area contributed by atoms with Crippen LogP contribution in [0.4, 0.5) is 22.7 Å². The molecular weight excluding hydrogens is 607 g/mol. The van der Waals surface area contributed by atoms with Gasteiger partial charge >= 0.3 is 0 Å². The molecule has 4 nitrogen and oxygen atoms in total. The van der Waals surface area contributed by atoms with Gasteiger partial charge in [0.15, 0.2) is 0 Å². The molecule has 2 aromatic carbocycles. The summed E-state index contributed by atoms with van der Waals surface area (Å²) in [7, 11) is 0. The maximum Gasteiger partial charge on any atom is 0.0635 e. The van der Waals surface area contributed by atoms with E-state index in [0.717, 1.165) is 49.4 Å². The number of nitrogens with one attached hydrogen (secondary N) is 2. The van der Waals surface area contributed by atoms with E-state index in [4.69, 9.17) is 9.98 Å². The summed E-state index contributed by atoms with van der Waals surface area (Å²) in [6.45, 7) is 11.2. The Morgan fingerprint density at radius 1 is 0.413 bits per heavy atom. The van der Waals surface area contributed by atoms with Crippen LogP contribution in [0.3, 0.4) is 0 Å². The van der Waals surface area contributed by atoms with E-state index in [1.54, 1.807) is 0 Å². The summed E-state index contributed by atoms with van der Waals surface area (Å²) in [5, 5.41) is 7.21. The van der Waals surface area contributed by atoms with Gasteiger partial charge in [-0.25, -0.2) is 0 Å². The molecule has 0 aliphatic carbocycles. The van der Waals surface area contributed by atoms with Gasteiger partial charge in [0.1, 0.15) is 0 Å². The predicted octanol–water partition coefficient (Wildman–Crippen LogP) is 13.6. The first-order chi connectivity index (χ1) is 22.2. The van der Waals surface area contributed by atoms with Crippen molar-refractivity contribution in [1.82, 2.24) is 0 Å². The van der Waals surface area contributed by atoms with Crippen LogP contribution in [-0.2, 0) is 16.5 Å². The summed E-state index contributed by atoms with van der Waals surface area (Å²) in [5.41, 5.74) is 6.77. The molecule has 0 aromatic heterocycles. The molecule has 0 bridgehead atoms. The van der Waals surface area contributed by atoms with Crippen molar-refractivity contribution in [2.24, 2.45) is 9.98 Å². The quantitative estimate of drug-likeness (QED) is 0.0536. The summed E-state index contributed by atoms with van der Waals surface area (Å²) in [6.07, 6.45) is 26.4. The van der Waals surface area contributed by atoms with Gasteiger partial charge in [-0.2, -0.15) is 0 Å². The van der Waals surface area contributed by atoms with Gasteiger partial charge in [-0.1, -0.05) is 124 Å². The van der Waals surface area contributed by atoms with Gasteiger partial charge in [-0.05, 0) is 87.1 Å². The first-order valence-corrected chi connectivity index (χ1v) is 19.0. The van der Waals surface area contributed by atoms with Crippen molar-refractivity contribution in [2.45, 2.75) is 163 Å². The van der Waals surface area contributed by atoms with Crippen LogP contribution in [0.15, 0.2) is 58.5 Å². The van der Waals surface area contributed by atoms with E-state index in [-0.39, 0.29) is 16.5 Å². The zero-order chi connectivity index (χ0) is 32.2. The van der Waals surface area contributed by atoms with Crippen LogP contribution in [0.2, 0.25) is 0 Å². The first kappa shape index (κ1) is 41.9. The van der Waals surface area contributed by atoms with Crippen molar-refractivity contribution < 1.29 is 16.5 Å². The summed E-state index contributed by atoms with van der Waals surface area (Å²) < 4.78 is 0. The van der Waals surface area contributed by atoms with E-state index < -0.39 is 0 Å². The predicted molar refractivity (Wildman–Crippen MR) is 204 cm³/mol. The van der Waals surface area contributed by atoms with Gasteiger partial charge < -0.3 is 10.6 Å². The Morgan fingerprint density at radius 2 is 0.717 bits per heavy atom. The Kier molecular flexibility index (Phi) is 26.5. The minimum Gasteiger partial charge on any atom is -0.385 e. The van der Waals surface area contributed by atoms with E-state index >= 15 is 0 Å². The van der Waals surface area contributed by atoms with Gasteiger partial charge in [0.05, 0.1) is 22.8 Å². The maximum absolute atomic E-state index is 5.25. The van der Waals surface area contributed by atoms with E-state index in [1.807, 2.05) is 0 Å². The Labute approximate surface area is 294 Å². The molecule has 0 aliphatic heterocycles. The molecule has 0 unspecified atom stereocenters. The molecule has 5 heteroatoms. The minimum absolute atomic E-state index is 0. The molecule has 46 heavy (non-hydrogen) atoms. The third-order valence-electron chi connectivity index (χ3n) is 8.60. The van der Waals surface area contributed by atoms with Gasteiger partial charge in [-0.3, -0.25) is 9.98 Å². The maximum atomic E-state index is 5.25. The second kappa shape index (κ2) is 29.0. The molecule has 2 aromatic rings. The van der Waals surface area contributed by atoms with Crippen LogP contribution in [0.25, 0.3) is 0 Å². The van der Waals surface area contributed by atoms with E-state index in [1.165, 1.54) is 133 Å². The summed E-state index contributed by atoms with van der Waals surface area (Å²) >= 11 is 0. The average molecular weight is 676 g/mol. The molecule has 0 fully saturated rings. The fourth-order valence-corrected chi connectivity index (χ4v) is 5.69. The topological polar surface area (TPSA) is 48.8 Å². The number of hydrogen-bond acceptors (Lipinski definition) is 4. The van der Waals surface area contributed by atoms with Crippen molar-refractivity contribution in [3.63, 3.8) is 0 Å². The zero-order valence-electron chi connectivity index (χ0n) is 30.1. The molecule has 2 N–H and O–H groups in total.